The molecule has 1 rings (SSSR count). The van der Waals surface area contributed by atoms with Crippen molar-refractivity contribution in [3.05, 3.63) is 0 Å². The number of rotatable bonds is 15. The zero-order chi connectivity index (χ0) is 18.3. The highest BCUT2D eigenvalue weighted by atomic mass is 32.1. The fourth-order valence-electron chi connectivity index (χ4n) is 3.04. The Hall–Kier alpha value is -1.14. The van der Waals surface area contributed by atoms with E-state index < -0.39 is 0 Å². The lowest BCUT2D eigenvalue weighted by atomic mass is 10.0. The standard InChI is InChI=1S/C19H34N4OS/c1-2-3-4-5-7-10-13-16-17(22-19(25)21-16)14-11-8-6-9-12-15-18(24)23-20/h2-15,20H2,1H3,(H,23,24). The van der Waals surface area contributed by atoms with Crippen LogP contribution in [-0.2, 0) is 4.79 Å². The molecule has 142 valence electrons. The zero-order valence-electron chi connectivity index (χ0n) is 15.7. The monoisotopic (exact) mass is 366 g/mol. The smallest absolute Gasteiger partial charge is 0.233 e. The Balaban J connectivity index is 2.11. The van der Waals surface area contributed by atoms with E-state index in [1.165, 1.54) is 38.5 Å². The second-order valence-electron chi connectivity index (χ2n) is 6.75. The maximum absolute atomic E-state index is 11.0. The Bertz CT molecular complexity index is 474. The minimum Gasteiger partial charge on any atom is -0.294 e. The molecular formula is C19H34N4OS. The quantitative estimate of drug-likeness (QED) is 0.146. The summed E-state index contributed by atoms with van der Waals surface area (Å²) in [5.74, 6) is 4.98. The molecule has 0 saturated carbocycles. The van der Waals surface area contributed by atoms with Crippen molar-refractivity contribution < 1.29 is 4.79 Å². The second kappa shape index (κ2) is 14.1. The molecule has 0 radical (unpaired) electrons. The summed E-state index contributed by atoms with van der Waals surface area (Å²) >= 11 is 5.16. The molecule has 0 spiro atoms. The number of unbranched alkanes of at least 4 members (excludes halogenated alkanes) is 9. The van der Waals surface area contributed by atoms with Gasteiger partial charge in [-0.05, 0) is 44.3 Å². The average Bonchev–Trinajstić information content (AvgIpc) is 2.96. The van der Waals surface area contributed by atoms with Crippen molar-refractivity contribution in [1.29, 1.82) is 0 Å². The lowest BCUT2D eigenvalue weighted by Gasteiger charge is -2.06. The van der Waals surface area contributed by atoms with Gasteiger partial charge in [-0.15, -0.1) is 0 Å². The third-order valence-corrected chi connectivity index (χ3v) is 4.72. The van der Waals surface area contributed by atoms with Crippen LogP contribution in [-0.4, -0.2) is 22.4 Å². The Kier molecular flexibility index (Phi) is 12.3. The van der Waals surface area contributed by atoms with E-state index in [1.807, 2.05) is 0 Å². The van der Waals surface area contributed by atoms with E-state index >= 15 is 0 Å². The summed E-state index contributed by atoms with van der Waals surface area (Å²) in [5, 5.41) is 0.503. The third-order valence-electron chi connectivity index (χ3n) is 4.54. The summed E-state index contributed by atoms with van der Waals surface area (Å²) in [6.07, 6.45) is 15.6. The maximum Gasteiger partial charge on any atom is 0.233 e. The highest BCUT2D eigenvalue weighted by molar-refractivity contribution is 7.80. The number of aliphatic imine (C=N–C) groups is 2. The summed E-state index contributed by atoms with van der Waals surface area (Å²) in [5.41, 5.74) is 4.40. The number of nitrogens with one attached hydrogen (secondary N) is 1. The van der Waals surface area contributed by atoms with Gasteiger partial charge in [0.2, 0.25) is 11.0 Å². The summed E-state index contributed by atoms with van der Waals surface area (Å²) in [6.45, 7) is 2.24. The van der Waals surface area contributed by atoms with Gasteiger partial charge in [-0.2, -0.15) is 0 Å². The molecule has 0 aromatic heterocycles. The first-order chi connectivity index (χ1) is 12.2. The van der Waals surface area contributed by atoms with Crippen LogP contribution in [0.2, 0.25) is 0 Å². The van der Waals surface area contributed by atoms with Gasteiger partial charge >= 0.3 is 0 Å². The summed E-state index contributed by atoms with van der Waals surface area (Å²) in [4.78, 5) is 19.9. The largest absolute Gasteiger partial charge is 0.294 e. The van der Waals surface area contributed by atoms with Gasteiger partial charge in [0.05, 0.1) is 11.4 Å². The molecule has 6 heteroatoms. The minimum absolute atomic E-state index is 0.0793. The van der Waals surface area contributed by atoms with Gasteiger partial charge in [0.1, 0.15) is 0 Å². The van der Waals surface area contributed by atoms with E-state index in [0.29, 0.717) is 11.5 Å². The lowest BCUT2D eigenvalue weighted by molar-refractivity contribution is -0.121. The van der Waals surface area contributed by atoms with Crippen molar-refractivity contribution in [3.8, 4) is 0 Å². The maximum atomic E-state index is 11.0. The molecule has 0 fully saturated rings. The Morgan fingerprint density at radius 3 is 1.88 bits per heavy atom. The molecule has 0 atom stereocenters. The first-order valence-electron chi connectivity index (χ1n) is 9.86. The van der Waals surface area contributed by atoms with Crippen LogP contribution in [0, 0.1) is 0 Å². The molecule has 1 heterocycles. The van der Waals surface area contributed by atoms with E-state index in [0.717, 1.165) is 56.4 Å². The molecule has 1 aliphatic rings. The van der Waals surface area contributed by atoms with Gasteiger partial charge in [-0.3, -0.25) is 10.2 Å². The van der Waals surface area contributed by atoms with Gasteiger partial charge in [-0.25, -0.2) is 15.8 Å². The molecule has 0 aromatic carbocycles. The van der Waals surface area contributed by atoms with E-state index in [2.05, 4.69) is 22.3 Å². The number of hydrazine groups is 1. The fourth-order valence-corrected chi connectivity index (χ4v) is 3.26. The normalized spacial score (nSPS) is 13.8. The molecule has 0 unspecified atom stereocenters. The number of nitrogens with zero attached hydrogens (tertiary/aromatic N) is 2. The molecule has 5 nitrogen and oxygen atoms in total. The second-order valence-corrected chi connectivity index (χ2v) is 7.12. The highest BCUT2D eigenvalue weighted by Crippen LogP contribution is 2.15. The van der Waals surface area contributed by atoms with Crippen LogP contribution in [0.5, 0.6) is 0 Å². The molecule has 0 saturated heterocycles. The highest BCUT2D eigenvalue weighted by Gasteiger charge is 2.16. The number of carbonyl (C=O) groups excluding carboxylic acids is 1. The van der Waals surface area contributed by atoms with Gasteiger partial charge in [0.25, 0.3) is 0 Å². The number of thiocarbonyl (C=S) groups is 1. The predicted octanol–water partition coefficient (Wildman–Crippen LogP) is 4.64. The molecule has 1 amide bonds. The van der Waals surface area contributed by atoms with Crippen LogP contribution in [0.1, 0.15) is 96.8 Å². The van der Waals surface area contributed by atoms with Crippen LogP contribution in [0.15, 0.2) is 9.98 Å². The summed E-state index contributed by atoms with van der Waals surface area (Å²) in [7, 11) is 0. The van der Waals surface area contributed by atoms with Crippen molar-refractivity contribution in [2.24, 2.45) is 15.8 Å². The van der Waals surface area contributed by atoms with Crippen molar-refractivity contribution in [2.75, 3.05) is 0 Å². The first kappa shape index (κ1) is 21.9. The number of hydrogen-bond donors (Lipinski definition) is 2. The van der Waals surface area contributed by atoms with Gasteiger partial charge in [-0.1, -0.05) is 58.3 Å². The van der Waals surface area contributed by atoms with E-state index in [-0.39, 0.29) is 5.91 Å². The van der Waals surface area contributed by atoms with E-state index in [1.54, 1.807) is 0 Å². The molecule has 0 bridgehead atoms. The number of carbonyl (C=O) groups is 1. The van der Waals surface area contributed by atoms with Gasteiger partial charge < -0.3 is 0 Å². The molecule has 3 N–H and O–H groups in total. The van der Waals surface area contributed by atoms with Crippen molar-refractivity contribution in [2.45, 2.75) is 96.8 Å². The molecule has 0 aromatic rings. The Morgan fingerprint density at radius 1 is 0.880 bits per heavy atom. The van der Waals surface area contributed by atoms with Crippen LogP contribution in [0.4, 0.5) is 0 Å². The molecule has 25 heavy (non-hydrogen) atoms. The van der Waals surface area contributed by atoms with E-state index in [9.17, 15) is 4.79 Å². The van der Waals surface area contributed by atoms with Crippen LogP contribution in [0.25, 0.3) is 0 Å². The SMILES string of the molecule is CCCCCCCCC1=NC(=S)N=C1CCCCCCCC(=O)NN. The molecular weight excluding hydrogens is 332 g/mol. The number of amides is 1. The number of hydrogen-bond acceptors (Lipinski definition) is 3. The minimum atomic E-state index is -0.0793. The third kappa shape index (κ3) is 10.4. The Morgan fingerprint density at radius 2 is 1.36 bits per heavy atom. The molecule has 0 aliphatic carbocycles. The van der Waals surface area contributed by atoms with Crippen molar-refractivity contribution in [1.82, 2.24) is 5.43 Å². The van der Waals surface area contributed by atoms with Gasteiger partial charge in [0.15, 0.2) is 0 Å². The average molecular weight is 367 g/mol. The van der Waals surface area contributed by atoms with Crippen molar-refractivity contribution in [3.63, 3.8) is 0 Å². The van der Waals surface area contributed by atoms with E-state index in [4.69, 9.17) is 18.1 Å². The van der Waals surface area contributed by atoms with Gasteiger partial charge in [0, 0.05) is 6.42 Å². The van der Waals surface area contributed by atoms with Crippen LogP contribution >= 0.6 is 12.2 Å². The van der Waals surface area contributed by atoms with Crippen LogP contribution < -0.4 is 11.3 Å². The molecule has 1 aliphatic heterocycles. The summed E-state index contributed by atoms with van der Waals surface area (Å²) in [6, 6.07) is 0. The fraction of sp³-hybridized carbons (Fsp3) is 0.789. The number of nitrogens with two attached hydrogens (primary N) is 1. The Labute approximate surface area is 157 Å². The lowest BCUT2D eigenvalue weighted by Crippen LogP contribution is -2.29. The van der Waals surface area contributed by atoms with Crippen molar-refractivity contribution >= 4 is 34.7 Å². The summed E-state index contributed by atoms with van der Waals surface area (Å²) < 4.78 is 0. The topological polar surface area (TPSA) is 79.8 Å². The first-order valence-corrected chi connectivity index (χ1v) is 10.3. The predicted molar refractivity (Wildman–Crippen MR) is 110 cm³/mol. The zero-order valence-corrected chi connectivity index (χ0v) is 16.5. The van der Waals surface area contributed by atoms with Crippen LogP contribution in [0.3, 0.4) is 0 Å².